The zero-order valence-corrected chi connectivity index (χ0v) is 9.49. The summed E-state index contributed by atoms with van der Waals surface area (Å²) < 4.78 is 5.17. The minimum absolute atomic E-state index is 0.0684. The second kappa shape index (κ2) is 4.84. The summed E-state index contributed by atoms with van der Waals surface area (Å²) in [5.74, 6) is 5.93. The van der Waals surface area contributed by atoms with Gasteiger partial charge in [0.25, 0.3) is 0 Å². The van der Waals surface area contributed by atoms with Crippen molar-refractivity contribution >= 4 is 23.2 Å². The van der Waals surface area contributed by atoms with Crippen molar-refractivity contribution in [2.24, 2.45) is 5.84 Å². The summed E-state index contributed by atoms with van der Waals surface area (Å²) in [6.07, 6.45) is 0. The van der Waals surface area contributed by atoms with Gasteiger partial charge in [0, 0.05) is 16.6 Å². The minimum atomic E-state index is -0.0684. The molecule has 0 spiro atoms. The monoisotopic (exact) mass is 234 g/mol. The normalized spacial score (nSPS) is 12.6. The second-order valence-electron chi connectivity index (χ2n) is 2.90. The number of hydrazine groups is 1. The quantitative estimate of drug-likeness (QED) is 0.625. The van der Waals surface area contributed by atoms with Crippen molar-refractivity contribution in [3.05, 3.63) is 27.7 Å². The van der Waals surface area contributed by atoms with Crippen molar-refractivity contribution in [2.45, 2.75) is 13.0 Å². The molecule has 14 heavy (non-hydrogen) atoms. The summed E-state index contributed by atoms with van der Waals surface area (Å²) in [6.45, 7) is 1.89. The smallest absolute Gasteiger partial charge is 0.142 e. The fourth-order valence-corrected chi connectivity index (χ4v) is 1.79. The lowest BCUT2D eigenvalue weighted by Gasteiger charge is -2.16. The molecule has 1 rings (SSSR count). The maximum absolute atomic E-state index is 5.96. The van der Waals surface area contributed by atoms with Crippen molar-refractivity contribution in [2.75, 3.05) is 7.11 Å². The van der Waals surface area contributed by atoms with Crippen LogP contribution in [-0.4, -0.2) is 7.11 Å². The zero-order chi connectivity index (χ0) is 10.7. The van der Waals surface area contributed by atoms with Gasteiger partial charge in [0.15, 0.2) is 0 Å². The van der Waals surface area contributed by atoms with E-state index in [1.807, 2.05) is 6.92 Å². The number of hydrogen-bond acceptors (Lipinski definition) is 3. The summed E-state index contributed by atoms with van der Waals surface area (Å²) in [4.78, 5) is 0. The van der Waals surface area contributed by atoms with Gasteiger partial charge in [-0.1, -0.05) is 23.2 Å². The number of rotatable bonds is 3. The maximum Gasteiger partial charge on any atom is 0.142 e. The van der Waals surface area contributed by atoms with Crippen LogP contribution in [0.2, 0.25) is 10.0 Å². The summed E-state index contributed by atoms with van der Waals surface area (Å²) in [6, 6.07) is 3.34. The number of methoxy groups -OCH3 is 1. The molecule has 0 aliphatic heterocycles. The molecule has 0 radical (unpaired) electrons. The van der Waals surface area contributed by atoms with E-state index in [2.05, 4.69) is 5.43 Å². The first-order chi connectivity index (χ1) is 6.60. The topological polar surface area (TPSA) is 47.3 Å². The van der Waals surface area contributed by atoms with Gasteiger partial charge in [-0.2, -0.15) is 0 Å². The van der Waals surface area contributed by atoms with Gasteiger partial charge in [0.05, 0.1) is 12.1 Å². The molecule has 0 amide bonds. The lowest BCUT2D eigenvalue weighted by Crippen LogP contribution is -2.26. The highest BCUT2D eigenvalue weighted by atomic mass is 35.5. The van der Waals surface area contributed by atoms with Crippen LogP contribution in [0, 0.1) is 0 Å². The molecule has 0 aliphatic carbocycles. The first-order valence-corrected chi connectivity index (χ1v) is 4.84. The number of nitrogens with two attached hydrogens (primary N) is 1. The Morgan fingerprint density at radius 3 is 2.57 bits per heavy atom. The van der Waals surface area contributed by atoms with E-state index < -0.39 is 0 Å². The number of halogens is 2. The molecule has 5 heteroatoms. The van der Waals surface area contributed by atoms with E-state index in [4.69, 9.17) is 33.8 Å². The predicted octanol–water partition coefficient (Wildman–Crippen LogP) is 2.53. The highest BCUT2D eigenvalue weighted by molar-refractivity contribution is 6.35. The highest BCUT2D eigenvalue weighted by Crippen LogP contribution is 2.35. The van der Waals surface area contributed by atoms with Crippen LogP contribution in [0.25, 0.3) is 0 Å². The van der Waals surface area contributed by atoms with Crippen LogP contribution in [0.1, 0.15) is 18.5 Å². The van der Waals surface area contributed by atoms with Crippen molar-refractivity contribution in [3.63, 3.8) is 0 Å². The van der Waals surface area contributed by atoms with E-state index in [0.29, 0.717) is 15.8 Å². The summed E-state index contributed by atoms with van der Waals surface area (Å²) in [5.41, 5.74) is 3.45. The van der Waals surface area contributed by atoms with Gasteiger partial charge < -0.3 is 4.74 Å². The van der Waals surface area contributed by atoms with E-state index in [1.165, 1.54) is 0 Å². The lowest BCUT2D eigenvalue weighted by molar-refractivity contribution is 0.402. The van der Waals surface area contributed by atoms with Crippen LogP contribution >= 0.6 is 23.2 Å². The standard InChI is InChI=1S/C9H12Cl2N2O/c1-5(13-12)7-3-6(10)4-8(11)9(7)14-2/h3-5,13H,12H2,1-2H3. The molecule has 0 bridgehead atoms. The number of ether oxygens (including phenoxy) is 1. The van der Waals surface area contributed by atoms with E-state index in [9.17, 15) is 0 Å². The van der Waals surface area contributed by atoms with E-state index in [1.54, 1.807) is 19.2 Å². The molecular weight excluding hydrogens is 223 g/mol. The number of benzene rings is 1. The Balaban J connectivity index is 3.24. The average Bonchev–Trinajstić information content (AvgIpc) is 2.15. The van der Waals surface area contributed by atoms with Crippen LogP contribution in [-0.2, 0) is 0 Å². The van der Waals surface area contributed by atoms with Crippen molar-refractivity contribution < 1.29 is 4.74 Å². The fraction of sp³-hybridized carbons (Fsp3) is 0.333. The minimum Gasteiger partial charge on any atom is -0.495 e. The highest BCUT2D eigenvalue weighted by Gasteiger charge is 2.14. The van der Waals surface area contributed by atoms with Crippen LogP contribution < -0.4 is 16.0 Å². The van der Waals surface area contributed by atoms with E-state index >= 15 is 0 Å². The van der Waals surface area contributed by atoms with Crippen molar-refractivity contribution in [1.82, 2.24) is 5.43 Å². The molecule has 1 aromatic carbocycles. The zero-order valence-electron chi connectivity index (χ0n) is 7.97. The van der Waals surface area contributed by atoms with Gasteiger partial charge in [0.2, 0.25) is 0 Å². The Morgan fingerprint density at radius 1 is 1.43 bits per heavy atom. The summed E-state index contributed by atoms with van der Waals surface area (Å²) in [5, 5.41) is 1.05. The molecule has 0 fully saturated rings. The molecular formula is C9H12Cl2N2O. The third kappa shape index (κ3) is 2.30. The molecule has 78 valence electrons. The third-order valence-electron chi connectivity index (χ3n) is 1.96. The van der Waals surface area contributed by atoms with E-state index in [0.717, 1.165) is 5.56 Å². The average molecular weight is 235 g/mol. The van der Waals surface area contributed by atoms with Gasteiger partial charge in [-0.25, -0.2) is 0 Å². The van der Waals surface area contributed by atoms with Gasteiger partial charge in [0.1, 0.15) is 5.75 Å². The van der Waals surface area contributed by atoms with Crippen LogP contribution in [0.3, 0.4) is 0 Å². The van der Waals surface area contributed by atoms with E-state index in [-0.39, 0.29) is 6.04 Å². The second-order valence-corrected chi connectivity index (χ2v) is 3.74. The van der Waals surface area contributed by atoms with Gasteiger partial charge >= 0.3 is 0 Å². The maximum atomic E-state index is 5.96. The van der Waals surface area contributed by atoms with Crippen LogP contribution in [0.15, 0.2) is 12.1 Å². The Kier molecular flexibility index (Phi) is 4.01. The SMILES string of the molecule is COc1c(Cl)cc(Cl)cc1C(C)NN. The predicted molar refractivity (Wildman–Crippen MR) is 58.8 cm³/mol. The lowest BCUT2D eigenvalue weighted by atomic mass is 10.1. The first-order valence-electron chi connectivity index (χ1n) is 4.09. The Hall–Kier alpha value is -0.480. The molecule has 0 saturated heterocycles. The Labute approximate surface area is 93.1 Å². The molecule has 0 aliphatic rings. The molecule has 1 unspecified atom stereocenters. The van der Waals surface area contributed by atoms with Crippen molar-refractivity contribution in [1.29, 1.82) is 0 Å². The molecule has 1 aromatic rings. The molecule has 0 saturated carbocycles. The fourth-order valence-electron chi connectivity index (χ4n) is 1.21. The number of hydrogen-bond donors (Lipinski definition) is 2. The summed E-state index contributed by atoms with van der Waals surface area (Å²) >= 11 is 11.8. The van der Waals surface area contributed by atoms with Gasteiger partial charge in [-0.05, 0) is 19.1 Å². The van der Waals surface area contributed by atoms with Gasteiger partial charge in [-0.15, -0.1) is 0 Å². The first kappa shape index (κ1) is 11.6. The van der Waals surface area contributed by atoms with Crippen molar-refractivity contribution in [3.8, 4) is 5.75 Å². The Bertz CT molecular complexity index is 331. The molecule has 0 aromatic heterocycles. The Morgan fingerprint density at radius 2 is 2.07 bits per heavy atom. The molecule has 3 N–H and O–H groups in total. The largest absolute Gasteiger partial charge is 0.495 e. The summed E-state index contributed by atoms with van der Waals surface area (Å²) in [7, 11) is 1.56. The molecule has 0 heterocycles. The van der Waals surface area contributed by atoms with Crippen LogP contribution in [0.5, 0.6) is 5.75 Å². The van der Waals surface area contributed by atoms with Crippen LogP contribution in [0.4, 0.5) is 0 Å². The molecule has 1 atom stereocenters. The number of nitrogens with one attached hydrogen (secondary N) is 1. The molecule has 3 nitrogen and oxygen atoms in total. The van der Waals surface area contributed by atoms with Gasteiger partial charge in [-0.3, -0.25) is 11.3 Å². The third-order valence-corrected chi connectivity index (χ3v) is 2.46.